The van der Waals surface area contributed by atoms with Crippen molar-refractivity contribution in [1.29, 1.82) is 5.26 Å². The fourth-order valence-corrected chi connectivity index (χ4v) is 6.93. The van der Waals surface area contributed by atoms with Crippen LogP contribution in [0.15, 0.2) is 133 Å². The summed E-state index contributed by atoms with van der Waals surface area (Å²) in [6, 6.07) is 48.8. The first-order valence-electron chi connectivity index (χ1n) is 14.1. The topological polar surface area (TPSA) is 39.5 Å². The number of fused-ring (bicyclic) bond motifs is 6. The van der Waals surface area contributed by atoms with Gasteiger partial charge in [0, 0.05) is 22.7 Å². The zero-order chi connectivity index (χ0) is 27.8. The lowest BCUT2D eigenvalue weighted by atomic mass is 9.33. The second-order valence-corrected chi connectivity index (χ2v) is 10.9. The third-order valence-corrected chi connectivity index (χ3v) is 8.63. The summed E-state index contributed by atoms with van der Waals surface area (Å²) in [7, 11) is 0. The highest BCUT2D eigenvalue weighted by molar-refractivity contribution is 7.00. The number of anilines is 6. The molecule has 0 atom stereocenters. The van der Waals surface area contributed by atoms with E-state index in [-0.39, 0.29) is 6.71 Å². The number of hydrogen-bond donors (Lipinski definition) is 0. The number of benzene rings is 6. The summed E-state index contributed by atoms with van der Waals surface area (Å²) >= 11 is 0. The lowest BCUT2D eigenvalue weighted by Crippen LogP contribution is -2.61. The zero-order valence-electron chi connectivity index (χ0n) is 22.5. The van der Waals surface area contributed by atoms with Crippen molar-refractivity contribution in [3.05, 3.63) is 139 Å². The van der Waals surface area contributed by atoms with Gasteiger partial charge in [-0.25, -0.2) is 0 Å². The molecule has 0 bridgehead atoms. The van der Waals surface area contributed by atoms with Gasteiger partial charge in [-0.1, -0.05) is 72.8 Å². The van der Waals surface area contributed by atoms with E-state index >= 15 is 0 Å². The van der Waals surface area contributed by atoms with Crippen molar-refractivity contribution in [1.82, 2.24) is 0 Å². The maximum Gasteiger partial charge on any atom is 0.252 e. The molecule has 3 heterocycles. The molecule has 0 spiro atoms. The lowest BCUT2D eigenvalue weighted by Gasteiger charge is -2.46. The van der Waals surface area contributed by atoms with Gasteiger partial charge in [0.25, 0.3) is 6.71 Å². The molecule has 3 aliphatic heterocycles. The summed E-state index contributed by atoms with van der Waals surface area (Å²) in [4.78, 5) is 4.77. The summed E-state index contributed by atoms with van der Waals surface area (Å²) in [6.07, 6.45) is 0. The molecule has 42 heavy (non-hydrogen) atoms. The number of para-hydroxylation sites is 5. The molecule has 0 radical (unpaired) electrons. The molecule has 6 aromatic rings. The Morgan fingerprint density at radius 2 is 1.24 bits per heavy atom. The molecule has 0 saturated heterocycles. The van der Waals surface area contributed by atoms with Crippen molar-refractivity contribution in [2.24, 2.45) is 0 Å². The maximum atomic E-state index is 9.70. The molecule has 194 valence electrons. The van der Waals surface area contributed by atoms with Crippen molar-refractivity contribution in [3.63, 3.8) is 0 Å². The van der Waals surface area contributed by atoms with Crippen molar-refractivity contribution in [2.45, 2.75) is 0 Å². The first-order chi connectivity index (χ1) is 20.8. The standard InChI is InChI=1S/C37H22BN3O/c39-23-24-10-8-11-25(20-24)26-21-32-36-33(22-26)41-31-17-6-7-18-34(31)42-35-19-9-15-29(37(35)41)38(36)28-14-4-5-16-30(28)40(32)27-12-2-1-3-13-27/h1-22H. The van der Waals surface area contributed by atoms with Crippen molar-refractivity contribution < 1.29 is 4.74 Å². The third kappa shape index (κ3) is 3.12. The van der Waals surface area contributed by atoms with E-state index in [9.17, 15) is 5.26 Å². The van der Waals surface area contributed by atoms with Gasteiger partial charge in [-0.2, -0.15) is 5.26 Å². The van der Waals surface area contributed by atoms with E-state index in [2.05, 4.69) is 119 Å². The molecule has 3 aliphatic rings. The lowest BCUT2D eigenvalue weighted by molar-refractivity contribution is 0.477. The SMILES string of the molecule is N#Cc1cccc(-c2cc3c4c(c2)N2c5ccccc5Oc5cccc(c52)B4c2ccccc2N3c2ccccc2)c1. The van der Waals surface area contributed by atoms with Crippen LogP contribution in [0.2, 0.25) is 0 Å². The van der Waals surface area contributed by atoms with Gasteiger partial charge < -0.3 is 14.5 Å². The van der Waals surface area contributed by atoms with Crippen LogP contribution >= 0.6 is 0 Å². The van der Waals surface area contributed by atoms with E-state index in [1.807, 2.05) is 30.3 Å². The monoisotopic (exact) mass is 535 g/mol. The summed E-state index contributed by atoms with van der Waals surface area (Å²) in [6.45, 7) is 0.0331. The molecule has 0 N–H and O–H groups in total. The van der Waals surface area contributed by atoms with Crippen LogP contribution in [0, 0.1) is 11.3 Å². The van der Waals surface area contributed by atoms with E-state index in [0.717, 1.165) is 51.1 Å². The van der Waals surface area contributed by atoms with Crippen LogP contribution in [0.25, 0.3) is 11.1 Å². The molecule has 4 nitrogen and oxygen atoms in total. The minimum absolute atomic E-state index is 0.0331. The van der Waals surface area contributed by atoms with Gasteiger partial charge in [0.15, 0.2) is 11.5 Å². The Bertz CT molecular complexity index is 2120. The van der Waals surface area contributed by atoms with Crippen molar-refractivity contribution >= 4 is 57.2 Å². The van der Waals surface area contributed by atoms with E-state index in [0.29, 0.717) is 5.56 Å². The van der Waals surface area contributed by atoms with Crippen LogP contribution in [0.3, 0.4) is 0 Å². The number of nitriles is 1. The predicted molar refractivity (Wildman–Crippen MR) is 171 cm³/mol. The smallest absolute Gasteiger partial charge is 0.252 e. The summed E-state index contributed by atoms with van der Waals surface area (Å²) < 4.78 is 6.52. The molecular formula is C37H22BN3O. The highest BCUT2D eigenvalue weighted by Gasteiger charge is 2.45. The Kier molecular flexibility index (Phi) is 4.73. The van der Waals surface area contributed by atoms with Gasteiger partial charge in [-0.3, -0.25) is 0 Å². The maximum absolute atomic E-state index is 9.70. The average molecular weight is 535 g/mol. The second kappa shape index (κ2) is 8.64. The molecular weight excluding hydrogens is 513 g/mol. The van der Waals surface area contributed by atoms with Gasteiger partial charge in [0.1, 0.15) is 0 Å². The Labute approximate surface area is 244 Å². The number of rotatable bonds is 2. The Balaban J connectivity index is 1.43. The summed E-state index contributed by atoms with van der Waals surface area (Å²) in [5.41, 5.74) is 13.1. The molecule has 9 rings (SSSR count). The molecule has 0 aromatic heterocycles. The van der Waals surface area contributed by atoms with Crippen LogP contribution in [-0.2, 0) is 0 Å². The van der Waals surface area contributed by atoms with E-state index in [1.165, 1.54) is 22.1 Å². The Morgan fingerprint density at radius 3 is 2.10 bits per heavy atom. The summed E-state index contributed by atoms with van der Waals surface area (Å²) in [5.74, 6) is 1.70. The molecule has 0 fully saturated rings. The van der Waals surface area contributed by atoms with Crippen LogP contribution < -0.4 is 30.9 Å². The minimum Gasteiger partial charge on any atom is -0.453 e. The van der Waals surface area contributed by atoms with Crippen molar-refractivity contribution in [3.8, 4) is 28.7 Å². The second-order valence-electron chi connectivity index (χ2n) is 10.9. The zero-order valence-corrected chi connectivity index (χ0v) is 22.5. The largest absolute Gasteiger partial charge is 0.453 e. The van der Waals surface area contributed by atoms with Gasteiger partial charge in [0.05, 0.1) is 23.0 Å². The first kappa shape index (κ1) is 23.0. The van der Waals surface area contributed by atoms with Crippen LogP contribution in [0.1, 0.15) is 5.56 Å². The van der Waals surface area contributed by atoms with Crippen LogP contribution in [0.5, 0.6) is 11.5 Å². The van der Waals surface area contributed by atoms with Gasteiger partial charge in [0.2, 0.25) is 0 Å². The van der Waals surface area contributed by atoms with Gasteiger partial charge >= 0.3 is 0 Å². The molecule has 0 unspecified atom stereocenters. The highest BCUT2D eigenvalue weighted by Crippen LogP contribution is 2.53. The van der Waals surface area contributed by atoms with Crippen molar-refractivity contribution in [2.75, 3.05) is 9.80 Å². The van der Waals surface area contributed by atoms with Gasteiger partial charge in [-0.05, 0) is 88.2 Å². The molecule has 6 aromatic carbocycles. The van der Waals surface area contributed by atoms with Crippen LogP contribution in [-0.4, -0.2) is 6.71 Å². The quantitative estimate of drug-likeness (QED) is 0.216. The predicted octanol–water partition coefficient (Wildman–Crippen LogP) is 7.41. The molecule has 5 heteroatoms. The first-order valence-corrected chi connectivity index (χ1v) is 14.1. The molecule has 0 amide bonds. The minimum atomic E-state index is 0.0331. The Morgan fingerprint density at radius 1 is 0.548 bits per heavy atom. The third-order valence-electron chi connectivity index (χ3n) is 8.63. The van der Waals surface area contributed by atoms with Gasteiger partial charge in [-0.15, -0.1) is 0 Å². The summed E-state index contributed by atoms with van der Waals surface area (Å²) in [5, 5.41) is 9.70. The number of nitrogens with zero attached hydrogens (tertiary/aromatic N) is 3. The normalized spacial score (nSPS) is 13.3. The molecule has 0 saturated carbocycles. The number of ether oxygens (including phenoxy) is 1. The number of hydrogen-bond acceptors (Lipinski definition) is 4. The highest BCUT2D eigenvalue weighted by atomic mass is 16.5. The van der Waals surface area contributed by atoms with Crippen LogP contribution in [0.4, 0.5) is 34.1 Å². The van der Waals surface area contributed by atoms with E-state index < -0.39 is 0 Å². The Hall–Kier alpha value is -5.73. The fraction of sp³-hybridized carbons (Fsp3) is 0. The fourth-order valence-electron chi connectivity index (χ4n) is 6.93. The molecule has 0 aliphatic carbocycles. The van der Waals surface area contributed by atoms with E-state index in [4.69, 9.17) is 4.74 Å². The van der Waals surface area contributed by atoms with E-state index in [1.54, 1.807) is 0 Å². The average Bonchev–Trinajstić information content (AvgIpc) is 3.06.